The van der Waals surface area contributed by atoms with E-state index in [1.165, 1.54) is 11.3 Å². The van der Waals surface area contributed by atoms with Gasteiger partial charge in [-0.05, 0) is 35.9 Å². The van der Waals surface area contributed by atoms with Crippen LogP contribution in [0.5, 0.6) is 0 Å². The summed E-state index contributed by atoms with van der Waals surface area (Å²) < 4.78 is 4.16. The van der Waals surface area contributed by atoms with Crippen LogP contribution in [-0.2, 0) is 5.75 Å². The molecule has 3 aromatic heterocycles. The van der Waals surface area contributed by atoms with Crippen LogP contribution in [0.15, 0.2) is 90.7 Å². The number of benzene rings is 1. The molecular formula is C19H16N4S. The highest BCUT2D eigenvalue weighted by atomic mass is 32.2. The van der Waals surface area contributed by atoms with E-state index in [1.54, 1.807) is 18.0 Å². The number of nitrogens with zero attached hydrogens (tertiary/aromatic N) is 4. The molecule has 0 unspecified atom stereocenters. The standard InChI is InChI=1S/C19H16N4S/c1-2-8-17(22-12-5-6-13-22)16(7-1)15-24-19-21-11-14-23(19)18-9-3-4-10-20-18/h1-14H,15H2. The summed E-state index contributed by atoms with van der Waals surface area (Å²) in [5.74, 6) is 1.73. The van der Waals surface area contributed by atoms with Crippen LogP contribution in [0.2, 0.25) is 0 Å². The van der Waals surface area contributed by atoms with E-state index >= 15 is 0 Å². The zero-order valence-corrected chi connectivity index (χ0v) is 13.8. The number of pyridine rings is 1. The second-order valence-corrected chi connectivity index (χ2v) is 6.22. The van der Waals surface area contributed by atoms with E-state index in [-0.39, 0.29) is 0 Å². The molecule has 0 aliphatic heterocycles. The van der Waals surface area contributed by atoms with E-state index in [9.17, 15) is 0 Å². The Morgan fingerprint density at radius 3 is 2.46 bits per heavy atom. The van der Waals surface area contributed by atoms with Crippen molar-refractivity contribution in [1.82, 2.24) is 19.1 Å². The summed E-state index contributed by atoms with van der Waals surface area (Å²) >= 11 is 1.71. The normalized spacial score (nSPS) is 10.8. The Balaban J connectivity index is 1.58. The lowest BCUT2D eigenvalue weighted by atomic mass is 10.2. The van der Waals surface area contributed by atoms with Crippen LogP contribution in [0.1, 0.15) is 5.56 Å². The van der Waals surface area contributed by atoms with Crippen molar-refractivity contribution in [2.75, 3.05) is 0 Å². The molecular weight excluding hydrogens is 316 g/mol. The highest BCUT2D eigenvalue weighted by molar-refractivity contribution is 7.98. The van der Waals surface area contributed by atoms with Gasteiger partial charge in [-0.25, -0.2) is 9.97 Å². The average Bonchev–Trinajstić information content (AvgIpc) is 3.33. The smallest absolute Gasteiger partial charge is 0.174 e. The molecule has 4 aromatic rings. The highest BCUT2D eigenvalue weighted by Gasteiger charge is 2.09. The number of aromatic nitrogens is 4. The molecule has 24 heavy (non-hydrogen) atoms. The van der Waals surface area contributed by atoms with E-state index in [1.807, 2.05) is 47.3 Å². The second-order valence-electron chi connectivity index (χ2n) is 5.28. The Morgan fingerprint density at radius 1 is 0.792 bits per heavy atom. The van der Waals surface area contributed by atoms with Crippen LogP contribution in [0, 0.1) is 0 Å². The Labute approximate surface area is 144 Å². The third kappa shape index (κ3) is 2.98. The van der Waals surface area contributed by atoms with Gasteiger partial charge in [0.15, 0.2) is 5.16 Å². The molecule has 0 radical (unpaired) electrons. The maximum absolute atomic E-state index is 4.48. The molecule has 5 heteroatoms. The molecule has 118 valence electrons. The largest absolute Gasteiger partial charge is 0.324 e. The first-order chi connectivity index (χ1) is 11.9. The molecule has 0 amide bonds. The molecule has 0 saturated heterocycles. The number of imidazole rings is 1. The van der Waals surface area contributed by atoms with Crippen molar-refractivity contribution in [1.29, 1.82) is 0 Å². The van der Waals surface area contributed by atoms with Crippen molar-refractivity contribution in [2.24, 2.45) is 0 Å². The number of hydrogen-bond donors (Lipinski definition) is 0. The van der Waals surface area contributed by atoms with Gasteiger partial charge in [0.05, 0.1) is 0 Å². The van der Waals surface area contributed by atoms with E-state index in [0.717, 1.165) is 16.7 Å². The van der Waals surface area contributed by atoms with Crippen molar-refractivity contribution < 1.29 is 0 Å². The van der Waals surface area contributed by atoms with Crippen molar-refractivity contribution in [3.63, 3.8) is 0 Å². The van der Waals surface area contributed by atoms with E-state index in [0.29, 0.717) is 0 Å². The second kappa shape index (κ2) is 6.76. The third-order valence-electron chi connectivity index (χ3n) is 3.73. The quantitative estimate of drug-likeness (QED) is 0.510. The fourth-order valence-electron chi connectivity index (χ4n) is 2.59. The average molecular weight is 332 g/mol. The highest BCUT2D eigenvalue weighted by Crippen LogP contribution is 2.26. The molecule has 0 bridgehead atoms. The van der Waals surface area contributed by atoms with E-state index < -0.39 is 0 Å². The Kier molecular flexibility index (Phi) is 4.16. The number of rotatable bonds is 5. The van der Waals surface area contributed by atoms with Crippen molar-refractivity contribution in [3.05, 3.63) is 91.1 Å². The van der Waals surface area contributed by atoms with Crippen molar-refractivity contribution >= 4 is 11.8 Å². The summed E-state index contributed by atoms with van der Waals surface area (Å²) in [6.45, 7) is 0. The van der Waals surface area contributed by atoms with E-state index in [4.69, 9.17) is 0 Å². The predicted molar refractivity (Wildman–Crippen MR) is 96.7 cm³/mol. The van der Waals surface area contributed by atoms with Gasteiger partial charge in [0.2, 0.25) is 0 Å². The molecule has 0 saturated carbocycles. The molecule has 0 atom stereocenters. The summed E-state index contributed by atoms with van der Waals surface area (Å²) in [4.78, 5) is 8.88. The fourth-order valence-corrected chi connectivity index (χ4v) is 3.55. The minimum absolute atomic E-state index is 0.845. The molecule has 0 N–H and O–H groups in total. The topological polar surface area (TPSA) is 35.6 Å². The molecule has 4 rings (SSSR count). The van der Waals surface area contributed by atoms with Gasteiger partial charge in [0, 0.05) is 42.4 Å². The molecule has 0 spiro atoms. The number of thioether (sulfide) groups is 1. The van der Waals surface area contributed by atoms with Crippen LogP contribution in [-0.4, -0.2) is 19.1 Å². The Bertz CT molecular complexity index is 913. The van der Waals surface area contributed by atoms with Crippen LogP contribution < -0.4 is 0 Å². The van der Waals surface area contributed by atoms with Crippen molar-refractivity contribution in [3.8, 4) is 11.5 Å². The molecule has 0 aliphatic carbocycles. The first kappa shape index (κ1) is 14.8. The zero-order valence-electron chi connectivity index (χ0n) is 13.0. The number of para-hydroxylation sites is 1. The zero-order chi connectivity index (χ0) is 16.2. The minimum atomic E-state index is 0.845. The molecule has 1 aromatic carbocycles. The summed E-state index contributed by atoms with van der Waals surface area (Å²) in [5.41, 5.74) is 2.47. The van der Waals surface area contributed by atoms with Gasteiger partial charge in [0.1, 0.15) is 5.82 Å². The molecule has 0 aliphatic rings. The number of hydrogen-bond acceptors (Lipinski definition) is 3. The molecule has 3 heterocycles. The van der Waals surface area contributed by atoms with Gasteiger partial charge < -0.3 is 4.57 Å². The lowest BCUT2D eigenvalue weighted by Crippen LogP contribution is -1.99. The van der Waals surface area contributed by atoms with E-state index in [2.05, 4.69) is 51.2 Å². The van der Waals surface area contributed by atoms with Crippen LogP contribution >= 0.6 is 11.8 Å². The summed E-state index contributed by atoms with van der Waals surface area (Å²) in [6, 6.07) is 18.4. The lowest BCUT2D eigenvalue weighted by molar-refractivity contribution is 0.863. The summed E-state index contributed by atoms with van der Waals surface area (Å²) in [6.07, 6.45) is 9.69. The molecule has 4 nitrogen and oxygen atoms in total. The third-order valence-corrected chi connectivity index (χ3v) is 4.75. The maximum Gasteiger partial charge on any atom is 0.174 e. The summed E-state index contributed by atoms with van der Waals surface area (Å²) in [7, 11) is 0. The first-order valence-corrected chi connectivity index (χ1v) is 8.69. The van der Waals surface area contributed by atoms with Gasteiger partial charge in [0.25, 0.3) is 0 Å². The van der Waals surface area contributed by atoms with Crippen LogP contribution in [0.25, 0.3) is 11.5 Å². The molecule has 0 fully saturated rings. The Hall–Kier alpha value is -2.79. The van der Waals surface area contributed by atoms with Gasteiger partial charge in [-0.1, -0.05) is 36.0 Å². The Morgan fingerprint density at radius 2 is 1.62 bits per heavy atom. The van der Waals surface area contributed by atoms with Crippen molar-refractivity contribution in [2.45, 2.75) is 10.9 Å². The summed E-state index contributed by atoms with van der Waals surface area (Å²) in [5, 5.41) is 0.941. The SMILES string of the molecule is c1ccc(-n2ccnc2SCc2ccccc2-n2cccc2)nc1. The fraction of sp³-hybridized carbons (Fsp3) is 0.0526. The minimum Gasteiger partial charge on any atom is -0.324 e. The predicted octanol–water partition coefficient (Wildman–Crippen LogP) is 4.35. The maximum atomic E-state index is 4.48. The van der Waals surface area contributed by atoms with Crippen LogP contribution in [0.3, 0.4) is 0 Å². The van der Waals surface area contributed by atoms with Gasteiger partial charge >= 0.3 is 0 Å². The lowest BCUT2D eigenvalue weighted by Gasteiger charge is -2.11. The van der Waals surface area contributed by atoms with Gasteiger partial charge in [-0.15, -0.1) is 0 Å². The van der Waals surface area contributed by atoms with Gasteiger partial charge in [-0.3, -0.25) is 4.57 Å². The monoisotopic (exact) mass is 332 g/mol. The van der Waals surface area contributed by atoms with Gasteiger partial charge in [-0.2, -0.15) is 0 Å². The first-order valence-electron chi connectivity index (χ1n) is 7.70. The van der Waals surface area contributed by atoms with Crippen LogP contribution in [0.4, 0.5) is 0 Å².